The Labute approximate surface area is 99.5 Å². The van der Waals surface area contributed by atoms with Crippen LogP contribution in [0.25, 0.3) is 0 Å². The summed E-state index contributed by atoms with van der Waals surface area (Å²) in [5, 5.41) is 1.93. The van der Waals surface area contributed by atoms with Gasteiger partial charge in [-0.05, 0) is 28.9 Å². The average molecular weight is 286 g/mol. The molecule has 0 atom stereocenters. The quantitative estimate of drug-likeness (QED) is 0.782. The molecule has 0 spiro atoms. The van der Waals surface area contributed by atoms with Crippen molar-refractivity contribution in [3.8, 4) is 0 Å². The summed E-state index contributed by atoms with van der Waals surface area (Å²) in [6, 6.07) is 1.92. The molecule has 0 saturated heterocycles. The number of hydrogen-bond acceptors (Lipinski definition) is 3. The molecule has 0 bridgehead atoms. The van der Waals surface area contributed by atoms with Crippen LogP contribution in [0.1, 0.15) is 11.8 Å². The van der Waals surface area contributed by atoms with Crippen LogP contribution >= 0.6 is 27.3 Å². The number of halogens is 1. The predicted molar refractivity (Wildman–Crippen MR) is 61.3 cm³/mol. The van der Waals surface area contributed by atoms with Crippen LogP contribution in [-0.2, 0) is 16.1 Å². The zero-order valence-corrected chi connectivity index (χ0v) is 10.4. The van der Waals surface area contributed by atoms with Crippen molar-refractivity contribution in [2.75, 3.05) is 0 Å². The number of nitrogens with zero attached hydrogens (tertiary/aromatic N) is 1. The van der Waals surface area contributed by atoms with Gasteiger partial charge in [0.2, 0.25) is 0 Å². The van der Waals surface area contributed by atoms with Crippen molar-refractivity contribution >= 4 is 39.1 Å². The first kappa shape index (κ1) is 10.6. The molecule has 0 fully saturated rings. The Morgan fingerprint density at radius 1 is 1.47 bits per heavy atom. The summed E-state index contributed by atoms with van der Waals surface area (Å²) in [6.45, 7) is 2.02. The molecule has 0 aliphatic carbocycles. The van der Waals surface area contributed by atoms with Crippen molar-refractivity contribution in [1.82, 2.24) is 4.90 Å². The van der Waals surface area contributed by atoms with Crippen molar-refractivity contribution in [2.45, 2.75) is 13.5 Å². The number of rotatable bonds is 2. The summed E-state index contributed by atoms with van der Waals surface area (Å²) in [5.41, 5.74) is 0.510. The summed E-state index contributed by atoms with van der Waals surface area (Å²) in [5.74, 6) is -0.411. The highest BCUT2D eigenvalue weighted by Gasteiger charge is 2.28. The van der Waals surface area contributed by atoms with Crippen molar-refractivity contribution in [3.63, 3.8) is 0 Å². The molecular formula is C10H8BrNO2S. The minimum absolute atomic E-state index is 0.190. The number of imide groups is 1. The van der Waals surface area contributed by atoms with Gasteiger partial charge in [-0.25, -0.2) is 0 Å². The molecule has 1 aliphatic heterocycles. The van der Waals surface area contributed by atoms with Crippen LogP contribution < -0.4 is 0 Å². The third-order valence-electron chi connectivity index (χ3n) is 2.12. The molecule has 2 rings (SSSR count). The van der Waals surface area contributed by atoms with Gasteiger partial charge in [0.15, 0.2) is 0 Å². The van der Waals surface area contributed by atoms with Crippen LogP contribution in [0, 0.1) is 0 Å². The zero-order valence-electron chi connectivity index (χ0n) is 7.99. The van der Waals surface area contributed by atoms with Gasteiger partial charge in [0.1, 0.15) is 0 Å². The molecule has 0 saturated carbocycles. The van der Waals surface area contributed by atoms with Gasteiger partial charge in [0.25, 0.3) is 11.8 Å². The average Bonchev–Trinajstić information content (AvgIpc) is 2.67. The molecule has 3 nitrogen and oxygen atoms in total. The third kappa shape index (κ3) is 2.03. The topological polar surface area (TPSA) is 37.4 Å². The molecular weight excluding hydrogens is 278 g/mol. The maximum Gasteiger partial charge on any atom is 0.256 e. The fraction of sp³-hybridized carbons (Fsp3) is 0.200. The van der Waals surface area contributed by atoms with Crippen LogP contribution in [0.3, 0.4) is 0 Å². The molecule has 1 aliphatic rings. The Morgan fingerprint density at radius 3 is 2.67 bits per heavy atom. The van der Waals surface area contributed by atoms with Gasteiger partial charge >= 0.3 is 0 Å². The molecule has 1 aromatic heterocycles. The van der Waals surface area contributed by atoms with E-state index in [9.17, 15) is 9.59 Å². The lowest BCUT2D eigenvalue weighted by Crippen LogP contribution is -2.29. The number of thiophene rings is 1. The van der Waals surface area contributed by atoms with E-state index in [1.165, 1.54) is 22.3 Å². The Hall–Kier alpha value is -0.940. The Balaban J connectivity index is 2.15. The predicted octanol–water partition coefficient (Wildman–Crippen LogP) is 2.33. The molecule has 78 valence electrons. The molecule has 5 heteroatoms. The van der Waals surface area contributed by atoms with Gasteiger partial charge in [-0.1, -0.05) is 0 Å². The van der Waals surface area contributed by atoms with Crippen LogP contribution in [0.4, 0.5) is 0 Å². The SMILES string of the molecule is CC1=CC(=O)N(Cc2cc(Br)cs2)C1=O. The second-order valence-corrected chi connectivity index (χ2v) is 5.20. The van der Waals surface area contributed by atoms with Gasteiger partial charge in [-0.2, -0.15) is 0 Å². The lowest BCUT2D eigenvalue weighted by atomic mass is 10.3. The summed E-state index contributed by atoms with van der Waals surface area (Å²) in [6.07, 6.45) is 1.38. The van der Waals surface area contributed by atoms with E-state index in [-0.39, 0.29) is 11.8 Å². The van der Waals surface area contributed by atoms with Crippen LogP contribution in [0.5, 0.6) is 0 Å². The van der Waals surface area contributed by atoms with Crippen molar-refractivity contribution in [1.29, 1.82) is 0 Å². The largest absolute Gasteiger partial charge is 0.270 e. The fourth-order valence-electron chi connectivity index (χ4n) is 1.38. The molecule has 15 heavy (non-hydrogen) atoms. The van der Waals surface area contributed by atoms with Gasteiger partial charge in [-0.15, -0.1) is 11.3 Å². The van der Waals surface area contributed by atoms with Gasteiger partial charge in [0.05, 0.1) is 6.54 Å². The second-order valence-electron chi connectivity index (χ2n) is 3.29. The number of carbonyl (C=O) groups is 2. The molecule has 0 radical (unpaired) electrons. The fourth-order valence-corrected chi connectivity index (χ4v) is 2.82. The summed E-state index contributed by atoms with van der Waals surface area (Å²) in [7, 11) is 0. The molecule has 2 amide bonds. The van der Waals surface area contributed by atoms with E-state index in [1.54, 1.807) is 6.92 Å². The molecule has 1 aromatic rings. The molecule has 0 unspecified atom stereocenters. The standard InChI is InChI=1S/C10H8BrNO2S/c1-6-2-9(13)12(10(6)14)4-8-3-7(11)5-15-8/h2-3,5H,4H2,1H3. The molecule has 0 N–H and O–H groups in total. The van der Waals surface area contributed by atoms with Crippen molar-refractivity contribution < 1.29 is 9.59 Å². The first-order valence-corrected chi connectivity index (χ1v) is 6.02. The summed E-state index contributed by atoms with van der Waals surface area (Å²) in [4.78, 5) is 25.2. The van der Waals surface area contributed by atoms with Crippen LogP contribution in [0.2, 0.25) is 0 Å². The normalized spacial score (nSPS) is 16.1. The van der Waals surface area contributed by atoms with Crippen molar-refractivity contribution in [3.05, 3.63) is 32.4 Å². The molecule has 0 aromatic carbocycles. The number of hydrogen-bond donors (Lipinski definition) is 0. The highest BCUT2D eigenvalue weighted by molar-refractivity contribution is 9.10. The maximum absolute atomic E-state index is 11.6. The van der Waals surface area contributed by atoms with E-state index in [4.69, 9.17) is 0 Å². The van der Waals surface area contributed by atoms with Gasteiger partial charge < -0.3 is 0 Å². The van der Waals surface area contributed by atoms with Crippen molar-refractivity contribution in [2.24, 2.45) is 0 Å². The van der Waals surface area contributed by atoms with E-state index < -0.39 is 0 Å². The zero-order chi connectivity index (χ0) is 11.0. The Kier molecular flexibility index (Phi) is 2.75. The van der Waals surface area contributed by atoms with E-state index in [0.717, 1.165) is 9.35 Å². The highest BCUT2D eigenvalue weighted by atomic mass is 79.9. The monoisotopic (exact) mass is 285 g/mol. The second kappa shape index (κ2) is 3.90. The minimum Gasteiger partial charge on any atom is -0.270 e. The summed E-state index contributed by atoms with van der Waals surface area (Å²) >= 11 is 4.86. The smallest absolute Gasteiger partial charge is 0.256 e. The van der Waals surface area contributed by atoms with Crippen LogP contribution in [0.15, 0.2) is 27.6 Å². The lowest BCUT2D eigenvalue weighted by Gasteiger charge is -2.12. The number of amides is 2. The maximum atomic E-state index is 11.6. The lowest BCUT2D eigenvalue weighted by molar-refractivity contribution is -0.137. The van der Waals surface area contributed by atoms with Gasteiger partial charge in [0, 0.05) is 26.4 Å². The highest BCUT2D eigenvalue weighted by Crippen LogP contribution is 2.23. The van der Waals surface area contributed by atoms with E-state index in [2.05, 4.69) is 15.9 Å². The Bertz CT molecular complexity index is 464. The van der Waals surface area contributed by atoms with E-state index >= 15 is 0 Å². The third-order valence-corrected chi connectivity index (χ3v) is 3.81. The van der Waals surface area contributed by atoms with E-state index in [1.807, 2.05) is 11.4 Å². The molecule has 2 heterocycles. The van der Waals surface area contributed by atoms with Gasteiger partial charge in [-0.3, -0.25) is 14.5 Å². The Morgan fingerprint density at radius 2 is 2.20 bits per heavy atom. The first-order valence-electron chi connectivity index (χ1n) is 4.35. The van der Waals surface area contributed by atoms with Crippen LogP contribution in [-0.4, -0.2) is 16.7 Å². The summed E-state index contributed by atoms with van der Waals surface area (Å²) < 4.78 is 0.978. The minimum atomic E-state index is -0.220. The first-order chi connectivity index (χ1) is 7.08. The van der Waals surface area contributed by atoms with E-state index in [0.29, 0.717) is 12.1 Å². The number of carbonyl (C=O) groups excluding carboxylic acids is 2.